The third-order valence-electron chi connectivity index (χ3n) is 0.914. The van der Waals surface area contributed by atoms with Crippen LogP contribution in [0.1, 0.15) is 6.92 Å². The van der Waals surface area contributed by atoms with Crippen LogP contribution in [-0.4, -0.2) is 30.0 Å². The van der Waals surface area contributed by atoms with Crippen LogP contribution >= 0.6 is 0 Å². The first-order valence-corrected chi connectivity index (χ1v) is 3.15. The Kier molecular flexibility index (Phi) is 4.60. The molecule has 1 atom stereocenters. The average molecular weight is 171 g/mol. The van der Waals surface area contributed by atoms with Crippen molar-refractivity contribution in [1.82, 2.24) is 0 Å². The van der Waals surface area contributed by atoms with Crippen LogP contribution < -0.4 is 0 Å². The monoisotopic (exact) mass is 171 g/mol. The van der Waals surface area contributed by atoms with E-state index in [0.717, 1.165) is 6.08 Å². The number of hydrogen-bond donors (Lipinski definition) is 1. The fourth-order valence-corrected chi connectivity index (χ4v) is 0.372. The van der Waals surface area contributed by atoms with Gasteiger partial charge in [-0.2, -0.15) is 4.99 Å². The molecule has 12 heavy (non-hydrogen) atoms. The Balaban J connectivity index is 3.75. The molecule has 0 bridgehead atoms. The van der Waals surface area contributed by atoms with E-state index in [0.29, 0.717) is 0 Å². The minimum atomic E-state index is -1.34. The second-order valence-electron chi connectivity index (χ2n) is 2.08. The summed E-state index contributed by atoms with van der Waals surface area (Å²) in [7, 11) is 0. The summed E-state index contributed by atoms with van der Waals surface area (Å²) >= 11 is 0. The van der Waals surface area contributed by atoms with E-state index in [4.69, 9.17) is 5.11 Å². The molecule has 0 fully saturated rings. The second kappa shape index (κ2) is 5.23. The van der Waals surface area contributed by atoms with E-state index in [9.17, 15) is 9.59 Å². The number of rotatable bonds is 4. The molecule has 0 spiro atoms. The van der Waals surface area contributed by atoms with E-state index >= 15 is 0 Å². The van der Waals surface area contributed by atoms with E-state index in [-0.39, 0.29) is 12.2 Å². The number of esters is 1. The lowest BCUT2D eigenvalue weighted by Gasteiger charge is -2.04. The molecule has 0 aliphatic rings. The Labute approximate surface area is 69.4 Å². The lowest BCUT2D eigenvalue weighted by atomic mass is 10.4. The van der Waals surface area contributed by atoms with Gasteiger partial charge < -0.3 is 9.84 Å². The summed E-state index contributed by atoms with van der Waals surface area (Å²) in [5, 5.41) is 8.74. The maximum absolute atomic E-state index is 10.7. The third kappa shape index (κ3) is 4.38. The summed E-state index contributed by atoms with van der Waals surface area (Å²) in [6.07, 6.45) is -0.210. The summed E-state index contributed by atoms with van der Waals surface area (Å²) in [5.41, 5.74) is 0.220. The molecule has 1 unspecified atom stereocenters. The highest BCUT2D eigenvalue weighted by Crippen LogP contribution is 1.93. The van der Waals surface area contributed by atoms with Crippen molar-refractivity contribution in [3.8, 4) is 0 Å². The van der Waals surface area contributed by atoms with E-state index in [1.54, 1.807) is 0 Å². The smallest absolute Gasteiger partial charge is 0.333 e. The number of isocyanates is 1. The lowest BCUT2D eigenvalue weighted by Crippen LogP contribution is -2.16. The van der Waals surface area contributed by atoms with E-state index in [1.807, 2.05) is 0 Å². The molecule has 0 aliphatic carbocycles. The Morgan fingerprint density at radius 1 is 1.83 bits per heavy atom. The highest BCUT2D eigenvalue weighted by atomic mass is 16.5. The van der Waals surface area contributed by atoms with Crippen LogP contribution in [0.25, 0.3) is 0 Å². The van der Waals surface area contributed by atoms with E-state index in [1.165, 1.54) is 6.92 Å². The van der Waals surface area contributed by atoms with Crippen LogP contribution in [0.15, 0.2) is 17.1 Å². The SMILES string of the molecule is C=C(C)C(=O)OCC(O)N=C=O. The molecule has 5 heteroatoms. The fraction of sp³-hybridized carbons (Fsp3) is 0.429. The van der Waals surface area contributed by atoms with Crippen molar-refractivity contribution in [2.75, 3.05) is 6.61 Å². The lowest BCUT2D eigenvalue weighted by molar-refractivity contribution is -0.141. The van der Waals surface area contributed by atoms with Gasteiger partial charge in [0.25, 0.3) is 0 Å². The van der Waals surface area contributed by atoms with Gasteiger partial charge in [-0.3, -0.25) is 0 Å². The first-order valence-electron chi connectivity index (χ1n) is 3.15. The van der Waals surface area contributed by atoms with Crippen LogP contribution in [0, 0.1) is 0 Å². The fourth-order valence-electron chi connectivity index (χ4n) is 0.372. The number of aliphatic hydroxyl groups is 1. The molecule has 5 nitrogen and oxygen atoms in total. The first-order chi connectivity index (χ1) is 5.57. The molecule has 0 saturated carbocycles. The van der Waals surface area contributed by atoms with Gasteiger partial charge >= 0.3 is 5.97 Å². The quantitative estimate of drug-likeness (QED) is 0.274. The number of aliphatic hydroxyl groups excluding tert-OH is 1. The number of carbonyl (C=O) groups excluding carboxylic acids is 2. The molecule has 0 saturated heterocycles. The van der Waals surface area contributed by atoms with Gasteiger partial charge in [-0.05, 0) is 6.92 Å². The van der Waals surface area contributed by atoms with Gasteiger partial charge in [0.05, 0.1) is 0 Å². The minimum Gasteiger partial charge on any atom is -0.457 e. The molecule has 0 aromatic heterocycles. The summed E-state index contributed by atoms with van der Waals surface area (Å²) in [4.78, 5) is 23.2. The average Bonchev–Trinajstić information content (AvgIpc) is 2.00. The third-order valence-corrected chi connectivity index (χ3v) is 0.914. The minimum absolute atomic E-state index is 0.220. The molecule has 1 N–H and O–H groups in total. The summed E-state index contributed by atoms with van der Waals surface area (Å²) < 4.78 is 4.46. The Morgan fingerprint density at radius 2 is 2.42 bits per heavy atom. The van der Waals surface area contributed by atoms with Gasteiger partial charge in [0.2, 0.25) is 6.08 Å². The topological polar surface area (TPSA) is 76.0 Å². The summed E-state index contributed by atoms with van der Waals surface area (Å²) in [6, 6.07) is 0. The largest absolute Gasteiger partial charge is 0.457 e. The van der Waals surface area contributed by atoms with Crippen molar-refractivity contribution >= 4 is 12.0 Å². The summed E-state index contributed by atoms with van der Waals surface area (Å²) in [6.45, 7) is 4.42. The van der Waals surface area contributed by atoms with Crippen LogP contribution in [0.5, 0.6) is 0 Å². The molecule has 0 heterocycles. The van der Waals surface area contributed by atoms with Gasteiger partial charge in [-0.15, -0.1) is 0 Å². The number of nitrogens with zero attached hydrogens (tertiary/aromatic N) is 1. The molecular weight excluding hydrogens is 162 g/mol. The first kappa shape index (κ1) is 10.6. The van der Waals surface area contributed by atoms with Crippen molar-refractivity contribution in [2.45, 2.75) is 13.2 Å². The number of ether oxygens (including phenoxy) is 1. The molecule has 66 valence electrons. The second-order valence-corrected chi connectivity index (χ2v) is 2.08. The number of aliphatic imine (C=N–C) groups is 1. The normalized spacial score (nSPS) is 11.2. The molecule has 0 aromatic rings. The van der Waals surface area contributed by atoms with Crippen LogP contribution in [0.4, 0.5) is 0 Å². The van der Waals surface area contributed by atoms with Crippen molar-refractivity contribution in [1.29, 1.82) is 0 Å². The highest BCUT2D eigenvalue weighted by Gasteiger charge is 2.06. The van der Waals surface area contributed by atoms with Crippen molar-refractivity contribution in [3.05, 3.63) is 12.2 Å². The zero-order valence-corrected chi connectivity index (χ0v) is 6.61. The van der Waals surface area contributed by atoms with Gasteiger partial charge in [0, 0.05) is 5.57 Å². The van der Waals surface area contributed by atoms with Crippen LogP contribution in [0.2, 0.25) is 0 Å². The van der Waals surface area contributed by atoms with E-state index < -0.39 is 12.2 Å². The standard InChI is InChI=1S/C7H9NO4/c1-5(2)7(11)12-3-6(10)8-4-9/h6,10H,1,3H2,2H3. The molecule has 0 radical (unpaired) electrons. The van der Waals surface area contributed by atoms with Gasteiger partial charge in [-0.1, -0.05) is 6.58 Å². The molecular formula is C7H9NO4. The van der Waals surface area contributed by atoms with Crippen molar-refractivity contribution in [2.24, 2.45) is 4.99 Å². The zero-order chi connectivity index (χ0) is 9.56. The Bertz CT molecular complexity index is 230. The Morgan fingerprint density at radius 3 is 2.83 bits per heavy atom. The predicted molar refractivity (Wildman–Crippen MR) is 39.9 cm³/mol. The van der Waals surface area contributed by atoms with Gasteiger partial charge in [-0.25, -0.2) is 9.59 Å². The summed E-state index contributed by atoms with van der Waals surface area (Å²) in [5.74, 6) is -0.629. The molecule has 0 aliphatic heterocycles. The molecule has 0 amide bonds. The zero-order valence-electron chi connectivity index (χ0n) is 6.61. The van der Waals surface area contributed by atoms with Crippen LogP contribution in [-0.2, 0) is 14.3 Å². The maximum atomic E-state index is 10.7. The molecule has 0 rings (SSSR count). The maximum Gasteiger partial charge on any atom is 0.333 e. The van der Waals surface area contributed by atoms with E-state index in [2.05, 4.69) is 16.3 Å². The predicted octanol–water partition coefficient (Wildman–Crippen LogP) is -0.240. The highest BCUT2D eigenvalue weighted by molar-refractivity contribution is 5.86. The Hall–Kier alpha value is -1.45. The van der Waals surface area contributed by atoms with Crippen molar-refractivity contribution in [3.63, 3.8) is 0 Å². The van der Waals surface area contributed by atoms with Crippen molar-refractivity contribution < 1.29 is 19.4 Å². The number of hydrogen-bond acceptors (Lipinski definition) is 5. The molecule has 0 aromatic carbocycles. The van der Waals surface area contributed by atoms with Crippen LogP contribution in [0.3, 0.4) is 0 Å². The number of carbonyl (C=O) groups is 1. The van der Waals surface area contributed by atoms with Gasteiger partial charge in [0.15, 0.2) is 6.23 Å². The van der Waals surface area contributed by atoms with Gasteiger partial charge in [0.1, 0.15) is 6.61 Å².